The normalized spacial score (nSPS) is 14.3. The molecule has 0 unspecified atom stereocenters. The van der Waals surface area contributed by atoms with Gasteiger partial charge in [-0.2, -0.15) is 5.10 Å². The fourth-order valence-electron chi connectivity index (χ4n) is 2.58. The fourth-order valence-corrected chi connectivity index (χ4v) is 2.58. The SMILES string of the molecule is CN(C(=O)OCCn1cncn1)C(=O)Oc1cccc2c1OC(C)(C)C2. The van der Waals surface area contributed by atoms with Crippen LogP contribution in [-0.4, -0.2) is 51.1 Å². The number of ether oxygens (including phenoxy) is 3. The Bertz CT molecular complexity index is 803. The third-order valence-electron chi connectivity index (χ3n) is 3.81. The van der Waals surface area contributed by atoms with Gasteiger partial charge in [0.15, 0.2) is 11.5 Å². The molecule has 0 aliphatic carbocycles. The third-order valence-corrected chi connectivity index (χ3v) is 3.81. The van der Waals surface area contributed by atoms with E-state index in [1.165, 1.54) is 24.4 Å². The standard InChI is InChI=1S/C17H20N4O5/c1-17(2)9-12-5-4-6-13(14(12)26-17)25-16(23)20(3)15(22)24-8-7-21-11-18-10-19-21/h4-6,10-11H,7-9H2,1-3H3. The van der Waals surface area contributed by atoms with Crippen molar-refractivity contribution in [2.24, 2.45) is 0 Å². The summed E-state index contributed by atoms with van der Waals surface area (Å²) in [5, 5.41) is 3.89. The molecule has 138 valence electrons. The fraction of sp³-hybridized carbons (Fsp3) is 0.412. The number of hydrogen-bond donors (Lipinski definition) is 0. The Morgan fingerprint density at radius 3 is 2.88 bits per heavy atom. The first-order chi connectivity index (χ1) is 12.4. The van der Waals surface area contributed by atoms with Crippen LogP contribution in [-0.2, 0) is 17.7 Å². The summed E-state index contributed by atoms with van der Waals surface area (Å²) in [5.74, 6) is 0.805. The zero-order valence-electron chi connectivity index (χ0n) is 14.8. The minimum absolute atomic E-state index is 0.0534. The van der Waals surface area contributed by atoms with Crippen molar-refractivity contribution in [3.05, 3.63) is 36.4 Å². The number of benzene rings is 1. The largest absolute Gasteiger partial charge is 0.483 e. The van der Waals surface area contributed by atoms with Gasteiger partial charge in [-0.1, -0.05) is 12.1 Å². The highest BCUT2D eigenvalue weighted by molar-refractivity contribution is 5.88. The van der Waals surface area contributed by atoms with E-state index in [2.05, 4.69) is 10.1 Å². The molecule has 1 aromatic heterocycles. The van der Waals surface area contributed by atoms with E-state index in [-0.39, 0.29) is 18.0 Å². The van der Waals surface area contributed by atoms with Crippen LogP contribution in [0.25, 0.3) is 0 Å². The number of carbonyl (C=O) groups is 2. The molecule has 0 atom stereocenters. The predicted octanol–water partition coefficient (Wildman–Crippen LogP) is 2.26. The Morgan fingerprint density at radius 2 is 2.15 bits per heavy atom. The lowest BCUT2D eigenvalue weighted by Gasteiger charge is -2.19. The van der Waals surface area contributed by atoms with Crippen LogP contribution >= 0.6 is 0 Å². The van der Waals surface area contributed by atoms with Gasteiger partial charge in [0.1, 0.15) is 24.9 Å². The molecule has 2 aromatic rings. The minimum Gasteiger partial charge on any atom is -0.483 e. The molecule has 0 radical (unpaired) electrons. The molecule has 0 spiro atoms. The van der Waals surface area contributed by atoms with Crippen molar-refractivity contribution >= 4 is 12.2 Å². The van der Waals surface area contributed by atoms with Gasteiger partial charge in [-0.05, 0) is 19.9 Å². The Kier molecular flexibility index (Phi) is 4.79. The van der Waals surface area contributed by atoms with Crippen molar-refractivity contribution < 1.29 is 23.8 Å². The Hall–Kier alpha value is -3.10. The van der Waals surface area contributed by atoms with Crippen molar-refractivity contribution in [1.82, 2.24) is 19.7 Å². The summed E-state index contributed by atoms with van der Waals surface area (Å²) in [7, 11) is 1.29. The molecular formula is C17H20N4O5. The van der Waals surface area contributed by atoms with Gasteiger partial charge in [0.25, 0.3) is 0 Å². The number of fused-ring (bicyclic) bond motifs is 1. The smallest absolute Gasteiger partial charge is 0.424 e. The Labute approximate surface area is 150 Å². The predicted molar refractivity (Wildman–Crippen MR) is 90.0 cm³/mol. The summed E-state index contributed by atoms with van der Waals surface area (Å²) in [6, 6.07) is 5.33. The van der Waals surface area contributed by atoms with Crippen LogP contribution < -0.4 is 9.47 Å². The highest BCUT2D eigenvalue weighted by atomic mass is 16.6. The number of nitrogens with zero attached hydrogens (tertiary/aromatic N) is 4. The van der Waals surface area contributed by atoms with Gasteiger partial charge in [-0.15, -0.1) is 0 Å². The molecular weight excluding hydrogens is 340 g/mol. The van der Waals surface area contributed by atoms with Crippen molar-refractivity contribution in [1.29, 1.82) is 0 Å². The number of hydrogen-bond acceptors (Lipinski definition) is 7. The third kappa shape index (κ3) is 3.93. The lowest BCUT2D eigenvalue weighted by Crippen LogP contribution is -2.36. The van der Waals surface area contributed by atoms with Crippen LogP contribution in [0, 0.1) is 0 Å². The summed E-state index contributed by atoms with van der Waals surface area (Å²) in [6.45, 7) is 4.30. The number of imide groups is 1. The number of aromatic nitrogens is 3. The molecule has 0 N–H and O–H groups in total. The first kappa shape index (κ1) is 17.7. The first-order valence-electron chi connectivity index (χ1n) is 8.11. The van der Waals surface area contributed by atoms with Gasteiger partial charge in [-0.3, -0.25) is 0 Å². The van der Waals surface area contributed by atoms with Crippen LogP contribution in [0.15, 0.2) is 30.9 Å². The van der Waals surface area contributed by atoms with E-state index in [1.807, 2.05) is 19.9 Å². The van der Waals surface area contributed by atoms with Crippen LogP contribution in [0.1, 0.15) is 19.4 Å². The zero-order valence-corrected chi connectivity index (χ0v) is 14.8. The second kappa shape index (κ2) is 7.03. The van der Waals surface area contributed by atoms with E-state index in [9.17, 15) is 9.59 Å². The molecule has 1 aromatic carbocycles. The van der Waals surface area contributed by atoms with Crippen molar-refractivity contribution in [2.45, 2.75) is 32.4 Å². The Balaban J connectivity index is 1.56. The average Bonchev–Trinajstić information content (AvgIpc) is 3.20. The van der Waals surface area contributed by atoms with Gasteiger partial charge in [0.2, 0.25) is 0 Å². The molecule has 3 rings (SSSR count). The van der Waals surface area contributed by atoms with Crippen molar-refractivity contribution in [2.75, 3.05) is 13.7 Å². The summed E-state index contributed by atoms with van der Waals surface area (Å²) in [5.41, 5.74) is 0.593. The van der Waals surface area contributed by atoms with Gasteiger partial charge < -0.3 is 14.2 Å². The summed E-state index contributed by atoms with van der Waals surface area (Å²) in [6.07, 6.45) is 1.94. The van der Waals surface area contributed by atoms with Crippen LogP contribution in [0.3, 0.4) is 0 Å². The molecule has 9 nitrogen and oxygen atoms in total. The van der Waals surface area contributed by atoms with Gasteiger partial charge >= 0.3 is 12.2 Å². The topological polar surface area (TPSA) is 95.8 Å². The monoisotopic (exact) mass is 360 g/mol. The number of carbonyl (C=O) groups excluding carboxylic acids is 2. The van der Waals surface area contributed by atoms with Crippen molar-refractivity contribution in [3.8, 4) is 11.5 Å². The summed E-state index contributed by atoms with van der Waals surface area (Å²) in [4.78, 5) is 28.7. The highest BCUT2D eigenvalue weighted by Crippen LogP contribution is 2.41. The summed E-state index contributed by atoms with van der Waals surface area (Å²) >= 11 is 0. The van der Waals surface area contributed by atoms with Gasteiger partial charge in [0, 0.05) is 19.0 Å². The molecule has 0 saturated carbocycles. The molecule has 1 aliphatic heterocycles. The quantitative estimate of drug-likeness (QED) is 0.825. The molecule has 26 heavy (non-hydrogen) atoms. The molecule has 0 bridgehead atoms. The number of amides is 2. The second-order valence-corrected chi connectivity index (χ2v) is 6.48. The molecule has 1 aliphatic rings. The summed E-state index contributed by atoms with van der Waals surface area (Å²) < 4.78 is 17.7. The maximum Gasteiger partial charge on any atom is 0.424 e. The maximum atomic E-state index is 12.2. The van der Waals surface area contributed by atoms with E-state index in [0.717, 1.165) is 10.5 Å². The van der Waals surface area contributed by atoms with E-state index in [4.69, 9.17) is 14.2 Å². The van der Waals surface area contributed by atoms with Gasteiger partial charge in [-0.25, -0.2) is 24.2 Å². The minimum atomic E-state index is -0.850. The van der Waals surface area contributed by atoms with Crippen LogP contribution in [0.5, 0.6) is 11.5 Å². The second-order valence-electron chi connectivity index (χ2n) is 6.48. The molecule has 9 heteroatoms. The number of para-hydroxylation sites is 1. The molecule has 2 heterocycles. The average molecular weight is 360 g/mol. The van der Waals surface area contributed by atoms with E-state index >= 15 is 0 Å². The highest BCUT2D eigenvalue weighted by Gasteiger charge is 2.33. The maximum absolute atomic E-state index is 12.2. The molecule has 2 amide bonds. The van der Waals surface area contributed by atoms with Crippen molar-refractivity contribution in [3.63, 3.8) is 0 Å². The zero-order chi connectivity index (χ0) is 18.7. The molecule has 0 saturated heterocycles. The van der Waals surface area contributed by atoms with Gasteiger partial charge in [0.05, 0.1) is 6.54 Å². The first-order valence-corrected chi connectivity index (χ1v) is 8.11. The van der Waals surface area contributed by atoms with Crippen LogP contribution in [0.2, 0.25) is 0 Å². The Morgan fingerprint density at radius 1 is 1.35 bits per heavy atom. The number of rotatable bonds is 4. The van der Waals surface area contributed by atoms with E-state index in [0.29, 0.717) is 18.7 Å². The lowest BCUT2D eigenvalue weighted by atomic mass is 10.0. The molecule has 0 fully saturated rings. The van der Waals surface area contributed by atoms with E-state index < -0.39 is 12.2 Å². The lowest BCUT2D eigenvalue weighted by molar-refractivity contribution is 0.0991. The van der Waals surface area contributed by atoms with E-state index in [1.54, 1.807) is 12.1 Å². The van der Waals surface area contributed by atoms with Crippen LogP contribution in [0.4, 0.5) is 9.59 Å².